The molecule has 0 amide bonds. The first kappa shape index (κ1) is 13.1. The Morgan fingerprint density at radius 1 is 1.11 bits per heavy atom. The highest BCUT2D eigenvalue weighted by molar-refractivity contribution is 5.81. The predicted molar refractivity (Wildman–Crippen MR) is 76.2 cm³/mol. The molecule has 3 heteroatoms. The molecule has 1 atom stereocenters. The summed E-state index contributed by atoms with van der Waals surface area (Å²) in [7, 11) is 0. The first-order chi connectivity index (χ1) is 8.99. The molecule has 2 rings (SSSR count). The molecule has 0 aliphatic carbocycles. The third-order valence-electron chi connectivity index (χ3n) is 3.26. The summed E-state index contributed by atoms with van der Waals surface area (Å²) in [5.41, 5.74) is 9.90. The molecule has 0 bridgehead atoms. The van der Waals surface area contributed by atoms with Crippen molar-refractivity contribution in [2.24, 2.45) is 0 Å². The Labute approximate surface area is 112 Å². The second-order valence-corrected chi connectivity index (χ2v) is 4.80. The lowest BCUT2D eigenvalue weighted by Crippen LogP contribution is -2.14. The Morgan fingerprint density at radius 2 is 1.74 bits per heavy atom. The fourth-order valence-electron chi connectivity index (χ4n) is 2.21. The lowest BCUT2D eigenvalue weighted by atomic mass is 9.87. The molecular weight excluding hydrogens is 238 g/mol. The summed E-state index contributed by atoms with van der Waals surface area (Å²) in [6, 6.07) is 12.9. The van der Waals surface area contributed by atoms with E-state index in [1.165, 1.54) is 0 Å². The minimum Gasteiger partial charge on any atom is -0.481 e. The van der Waals surface area contributed by atoms with Gasteiger partial charge < -0.3 is 10.8 Å². The summed E-state index contributed by atoms with van der Waals surface area (Å²) in [6.45, 7) is 3.90. The van der Waals surface area contributed by atoms with Crippen LogP contribution in [-0.4, -0.2) is 11.1 Å². The zero-order valence-corrected chi connectivity index (χ0v) is 11.1. The van der Waals surface area contributed by atoms with Crippen molar-refractivity contribution in [2.75, 3.05) is 5.73 Å². The molecule has 0 aromatic heterocycles. The topological polar surface area (TPSA) is 63.3 Å². The Hall–Kier alpha value is -2.29. The normalized spacial score (nSPS) is 12.1. The van der Waals surface area contributed by atoms with Crippen molar-refractivity contribution in [3.8, 4) is 0 Å². The van der Waals surface area contributed by atoms with Crippen LogP contribution in [0.15, 0.2) is 42.5 Å². The molecule has 0 saturated carbocycles. The molecule has 0 heterocycles. The molecule has 0 aliphatic heterocycles. The standard InChI is InChI=1S/C16H17NO2/c1-10-3-4-11(2)14(9-10)15(16(18)19)12-5-7-13(17)8-6-12/h3-9,15H,17H2,1-2H3,(H,18,19). The van der Waals surface area contributed by atoms with E-state index in [-0.39, 0.29) is 0 Å². The van der Waals surface area contributed by atoms with E-state index >= 15 is 0 Å². The minimum absolute atomic E-state index is 0.633. The summed E-state index contributed by atoms with van der Waals surface area (Å²) in [4.78, 5) is 11.6. The number of benzene rings is 2. The number of carbonyl (C=O) groups is 1. The van der Waals surface area contributed by atoms with Crippen LogP contribution in [0.1, 0.15) is 28.2 Å². The van der Waals surface area contributed by atoms with Gasteiger partial charge >= 0.3 is 5.97 Å². The number of anilines is 1. The van der Waals surface area contributed by atoms with Gasteiger partial charge in [0.1, 0.15) is 5.92 Å². The van der Waals surface area contributed by atoms with Crippen LogP contribution in [0, 0.1) is 13.8 Å². The molecule has 1 unspecified atom stereocenters. The molecule has 0 aliphatic rings. The smallest absolute Gasteiger partial charge is 0.315 e. The van der Waals surface area contributed by atoms with E-state index in [2.05, 4.69) is 0 Å². The number of aryl methyl sites for hydroxylation is 2. The van der Waals surface area contributed by atoms with Gasteiger partial charge in [-0.1, -0.05) is 35.9 Å². The zero-order chi connectivity index (χ0) is 14.0. The second kappa shape index (κ2) is 5.14. The highest BCUT2D eigenvalue weighted by Crippen LogP contribution is 2.29. The largest absolute Gasteiger partial charge is 0.481 e. The Morgan fingerprint density at radius 3 is 2.32 bits per heavy atom. The molecule has 0 radical (unpaired) electrons. The third-order valence-corrected chi connectivity index (χ3v) is 3.26. The molecule has 3 N–H and O–H groups in total. The number of hydrogen-bond donors (Lipinski definition) is 2. The van der Waals surface area contributed by atoms with Crippen molar-refractivity contribution < 1.29 is 9.90 Å². The SMILES string of the molecule is Cc1ccc(C)c(C(C(=O)O)c2ccc(N)cc2)c1. The van der Waals surface area contributed by atoms with E-state index in [0.29, 0.717) is 5.69 Å². The van der Waals surface area contributed by atoms with Crippen molar-refractivity contribution in [3.63, 3.8) is 0 Å². The second-order valence-electron chi connectivity index (χ2n) is 4.80. The highest BCUT2D eigenvalue weighted by atomic mass is 16.4. The monoisotopic (exact) mass is 255 g/mol. The number of nitrogens with two attached hydrogens (primary N) is 1. The van der Waals surface area contributed by atoms with Crippen LogP contribution in [-0.2, 0) is 4.79 Å². The number of aliphatic carboxylic acids is 1. The van der Waals surface area contributed by atoms with Crippen molar-refractivity contribution in [2.45, 2.75) is 19.8 Å². The number of hydrogen-bond acceptors (Lipinski definition) is 2. The van der Waals surface area contributed by atoms with E-state index in [1.807, 2.05) is 32.0 Å². The van der Waals surface area contributed by atoms with Gasteiger partial charge in [0, 0.05) is 5.69 Å². The molecule has 0 spiro atoms. The van der Waals surface area contributed by atoms with Gasteiger partial charge in [-0.3, -0.25) is 4.79 Å². The van der Waals surface area contributed by atoms with Crippen LogP contribution in [0.4, 0.5) is 5.69 Å². The molecule has 2 aromatic rings. The molecule has 98 valence electrons. The van der Waals surface area contributed by atoms with Crippen LogP contribution >= 0.6 is 0 Å². The number of carboxylic acids is 1. The Bertz CT molecular complexity index is 603. The summed E-state index contributed by atoms with van der Waals surface area (Å²) < 4.78 is 0. The first-order valence-electron chi connectivity index (χ1n) is 6.14. The van der Waals surface area contributed by atoms with Crippen molar-refractivity contribution >= 4 is 11.7 Å². The van der Waals surface area contributed by atoms with Gasteiger partial charge in [0.2, 0.25) is 0 Å². The molecule has 3 nitrogen and oxygen atoms in total. The Balaban J connectivity index is 2.54. The van der Waals surface area contributed by atoms with Gasteiger partial charge in [0.15, 0.2) is 0 Å². The van der Waals surface area contributed by atoms with E-state index in [9.17, 15) is 9.90 Å². The van der Waals surface area contributed by atoms with Gasteiger partial charge in [-0.25, -0.2) is 0 Å². The maximum absolute atomic E-state index is 11.6. The summed E-state index contributed by atoms with van der Waals surface area (Å²) in [5, 5.41) is 9.53. The van der Waals surface area contributed by atoms with Gasteiger partial charge in [-0.05, 0) is 42.7 Å². The summed E-state index contributed by atoms with van der Waals surface area (Å²) in [6.07, 6.45) is 0. The van der Waals surface area contributed by atoms with E-state index in [0.717, 1.165) is 22.3 Å². The maximum Gasteiger partial charge on any atom is 0.315 e. The first-order valence-corrected chi connectivity index (χ1v) is 6.14. The van der Waals surface area contributed by atoms with Crippen molar-refractivity contribution in [1.29, 1.82) is 0 Å². The molecular formula is C16H17NO2. The van der Waals surface area contributed by atoms with Gasteiger partial charge in [-0.2, -0.15) is 0 Å². The van der Waals surface area contributed by atoms with Gasteiger partial charge in [0.25, 0.3) is 0 Å². The third kappa shape index (κ3) is 2.76. The van der Waals surface area contributed by atoms with Crippen LogP contribution in [0.25, 0.3) is 0 Å². The highest BCUT2D eigenvalue weighted by Gasteiger charge is 2.23. The summed E-state index contributed by atoms with van der Waals surface area (Å²) in [5.74, 6) is -1.50. The average Bonchev–Trinajstić information content (AvgIpc) is 2.36. The van der Waals surface area contributed by atoms with Gasteiger partial charge in [0.05, 0.1) is 0 Å². The van der Waals surface area contributed by atoms with E-state index in [4.69, 9.17) is 5.73 Å². The molecule has 2 aromatic carbocycles. The van der Waals surface area contributed by atoms with Crippen LogP contribution in [0.3, 0.4) is 0 Å². The predicted octanol–water partition coefficient (Wildman–Crippen LogP) is 3.10. The van der Waals surface area contributed by atoms with Crippen LogP contribution in [0.2, 0.25) is 0 Å². The van der Waals surface area contributed by atoms with E-state index in [1.54, 1.807) is 24.3 Å². The molecule has 0 saturated heterocycles. The van der Waals surface area contributed by atoms with Crippen molar-refractivity contribution in [1.82, 2.24) is 0 Å². The zero-order valence-electron chi connectivity index (χ0n) is 11.1. The number of rotatable bonds is 3. The quantitative estimate of drug-likeness (QED) is 0.828. The van der Waals surface area contributed by atoms with Crippen LogP contribution < -0.4 is 5.73 Å². The lowest BCUT2D eigenvalue weighted by molar-refractivity contribution is -0.137. The van der Waals surface area contributed by atoms with Crippen LogP contribution in [0.5, 0.6) is 0 Å². The summed E-state index contributed by atoms with van der Waals surface area (Å²) >= 11 is 0. The fourth-order valence-corrected chi connectivity index (χ4v) is 2.21. The van der Waals surface area contributed by atoms with Crippen molar-refractivity contribution in [3.05, 3.63) is 64.7 Å². The minimum atomic E-state index is -0.849. The number of carboxylic acid groups (broad SMARTS) is 1. The maximum atomic E-state index is 11.6. The number of nitrogen functional groups attached to an aromatic ring is 1. The lowest BCUT2D eigenvalue weighted by Gasteiger charge is -2.16. The molecule has 0 fully saturated rings. The Kier molecular flexibility index (Phi) is 3.56. The fraction of sp³-hybridized carbons (Fsp3) is 0.188. The van der Waals surface area contributed by atoms with E-state index < -0.39 is 11.9 Å². The average molecular weight is 255 g/mol. The molecule has 19 heavy (non-hydrogen) atoms. The van der Waals surface area contributed by atoms with Gasteiger partial charge in [-0.15, -0.1) is 0 Å².